The van der Waals surface area contributed by atoms with Crippen LogP contribution in [-0.2, 0) is 16.3 Å². The second-order valence-electron chi connectivity index (χ2n) is 4.91. The fourth-order valence-electron chi connectivity index (χ4n) is 2.39. The lowest BCUT2D eigenvalue weighted by Crippen LogP contribution is -2.18. The number of benzene rings is 1. The molecule has 0 aliphatic heterocycles. The third-order valence-corrected chi connectivity index (χ3v) is 4.98. The van der Waals surface area contributed by atoms with Crippen molar-refractivity contribution in [3.63, 3.8) is 0 Å². The molecule has 0 saturated carbocycles. The van der Waals surface area contributed by atoms with E-state index in [2.05, 4.69) is 27.6 Å². The molecule has 7 heteroatoms. The SMILES string of the molecule is CC(CS(C)(=O)=O)n1c(CCCl)nc2cc(I)ccc21. The zero-order valence-electron chi connectivity index (χ0n) is 11.3. The number of rotatable bonds is 5. The molecular formula is C13H16ClIN2O2S. The fraction of sp³-hybridized carbons (Fsp3) is 0.462. The summed E-state index contributed by atoms with van der Waals surface area (Å²) in [5.41, 5.74) is 1.85. The third-order valence-electron chi connectivity index (χ3n) is 3.03. The van der Waals surface area contributed by atoms with E-state index in [9.17, 15) is 8.42 Å². The number of aryl methyl sites for hydroxylation is 1. The maximum atomic E-state index is 11.5. The van der Waals surface area contributed by atoms with Crippen LogP contribution < -0.4 is 0 Å². The Morgan fingerprint density at radius 1 is 1.45 bits per heavy atom. The average Bonchev–Trinajstić information content (AvgIpc) is 2.64. The van der Waals surface area contributed by atoms with Gasteiger partial charge in [-0.3, -0.25) is 0 Å². The molecular weight excluding hydrogens is 411 g/mol. The van der Waals surface area contributed by atoms with E-state index in [-0.39, 0.29) is 11.8 Å². The van der Waals surface area contributed by atoms with Crippen molar-refractivity contribution >= 4 is 55.1 Å². The summed E-state index contributed by atoms with van der Waals surface area (Å²) < 4.78 is 26.2. The first-order valence-corrected chi connectivity index (χ1v) is 9.89. The van der Waals surface area contributed by atoms with Gasteiger partial charge in [-0.2, -0.15) is 0 Å². The highest BCUT2D eigenvalue weighted by molar-refractivity contribution is 14.1. The molecule has 0 amide bonds. The zero-order chi connectivity index (χ0) is 14.9. The molecule has 0 aliphatic rings. The summed E-state index contributed by atoms with van der Waals surface area (Å²) in [5, 5.41) is 0. The summed E-state index contributed by atoms with van der Waals surface area (Å²) >= 11 is 8.07. The highest BCUT2D eigenvalue weighted by atomic mass is 127. The smallest absolute Gasteiger partial charge is 0.149 e. The van der Waals surface area contributed by atoms with Gasteiger partial charge in [0.2, 0.25) is 0 Å². The molecule has 0 fully saturated rings. The van der Waals surface area contributed by atoms with Crippen molar-refractivity contribution in [2.45, 2.75) is 19.4 Å². The van der Waals surface area contributed by atoms with E-state index in [1.165, 1.54) is 6.26 Å². The minimum absolute atomic E-state index is 0.0970. The summed E-state index contributed by atoms with van der Waals surface area (Å²) in [6, 6.07) is 5.82. The topological polar surface area (TPSA) is 52.0 Å². The van der Waals surface area contributed by atoms with Gasteiger partial charge in [0.25, 0.3) is 0 Å². The van der Waals surface area contributed by atoms with Gasteiger partial charge in [0.15, 0.2) is 0 Å². The molecule has 1 unspecified atom stereocenters. The van der Waals surface area contributed by atoms with Gasteiger partial charge in [-0.1, -0.05) is 0 Å². The standard InChI is InChI=1S/C13H16ClIN2O2S/c1-9(8-20(2,18)19)17-12-4-3-10(15)7-11(12)16-13(17)5-6-14/h3-4,7,9H,5-6,8H2,1-2H3. The number of alkyl halides is 1. The number of imidazole rings is 1. The Kier molecular flexibility index (Phi) is 4.96. The third kappa shape index (κ3) is 3.65. The average molecular weight is 427 g/mol. The number of hydrogen-bond acceptors (Lipinski definition) is 3. The summed E-state index contributed by atoms with van der Waals surface area (Å²) in [6.07, 6.45) is 1.88. The Hall–Kier alpha value is -0.340. The van der Waals surface area contributed by atoms with Crippen LogP contribution in [0.5, 0.6) is 0 Å². The van der Waals surface area contributed by atoms with Crippen LogP contribution >= 0.6 is 34.2 Å². The molecule has 1 aromatic heterocycles. The second-order valence-corrected chi connectivity index (χ2v) is 8.72. The lowest BCUT2D eigenvalue weighted by Gasteiger charge is -2.16. The minimum Gasteiger partial charge on any atom is -0.324 e. The van der Waals surface area contributed by atoms with Crippen LogP contribution in [0.25, 0.3) is 11.0 Å². The Bertz CT molecular complexity index is 727. The van der Waals surface area contributed by atoms with Crippen LogP contribution in [0.15, 0.2) is 18.2 Å². The molecule has 4 nitrogen and oxygen atoms in total. The zero-order valence-corrected chi connectivity index (χ0v) is 15.0. The molecule has 110 valence electrons. The maximum Gasteiger partial charge on any atom is 0.149 e. The van der Waals surface area contributed by atoms with Crippen molar-refractivity contribution in [3.8, 4) is 0 Å². The van der Waals surface area contributed by atoms with Crippen LogP contribution in [0.3, 0.4) is 0 Å². The normalized spacial score (nSPS) is 13.8. The Labute approximate surface area is 137 Å². The maximum absolute atomic E-state index is 11.5. The number of halogens is 2. The van der Waals surface area contributed by atoms with Crippen LogP contribution in [-0.4, -0.2) is 35.9 Å². The van der Waals surface area contributed by atoms with Crippen molar-refractivity contribution in [1.29, 1.82) is 0 Å². The Balaban J connectivity index is 2.56. The molecule has 1 heterocycles. The molecule has 0 spiro atoms. The number of sulfone groups is 1. The predicted molar refractivity (Wildman–Crippen MR) is 91.3 cm³/mol. The van der Waals surface area contributed by atoms with Gasteiger partial charge >= 0.3 is 0 Å². The molecule has 0 radical (unpaired) electrons. The van der Waals surface area contributed by atoms with Gasteiger partial charge in [-0.25, -0.2) is 13.4 Å². The first kappa shape index (κ1) is 16.0. The fourth-order valence-corrected chi connectivity index (χ4v) is 4.06. The van der Waals surface area contributed by atoms with Crippen LogP contribution in [0.4, 0.5) is 0 Å². The number of aromatic nitrogens is 2. The van der Waals surface area contributed by atoms with Gasteiger partial charge in [0.1, 0.15) is 15.7 Å². The predicted octanol–water partition coefficient (Wildman–Crippen LogP) is 3.03. The molecule has 0 N–H and O–H groups in total. The van der Waals surface area contributed by atoms with Crippen molar-refractivity contribution in [2.24, 2.45) is 0 Å². The Morgan fingerprint density at radius 2 is 2.15 bits per heavy atom. The second kappa shape index (κ2) is 6.19. The first-order valence-electron chi connectivity index (χ1n) is 6.22. The van der Waals surface area contributed by atoms with E-state index >= 15 is 0 Å². The van der Waals surface area contributed by atoms with Gasteiger partial charge in [0, 0.05) is 28.2 Å². The largest absolute Gasteiger partial charge is 0.324 e. The summed E-state index contributed by atoms with van der Waals surface area (Å²) in [7, 11) is -3.04. The number of fused-ring (bicyclic) bond motifs is 1. The lowest BCUT2D eigenvalue weighted by molar-refractivity contribution is 0.557. The number of hydrogen-bond donors (Lipinski definition) is 0. The van der Waals surface area contributed by atoms with E-state index in [1.54, 1.807) is 0 Å². The van der Waals surface area contributed by atoms with Gasteiger partial charge in [-0.05, 0) is 47.7 Å². The molecule has 1 aromatic carbocycles. The molecule has 0 aliphatic carbocycles. The monoisotopic (exact) mass is 426 g/mol. The van der Waals surface area contributed by atoms with Gasteiger partial charge in [0.05, 0.1) is 16.8 Å². The van der Waals surface area contributed by atoms with Crippen LogP contribution in [0.2, 0.25) is 0 Å². The highest BCUT2D eigenvalue weighted by Gasteiger charge is 2.19. The summed E-state index contributed by atoms with van der Waals surface area (Å²) in [5.74, 6) is 1.40. The quantitative estimate of drug-likeness (QED) is 0.545. The minimum atomic E-state index is -3.04. The van der Waals surface area contributed by atoms with Gasteiger partial charge < -0.3 is 4.57 Å². The van der Waals surface area contributed by atoms with Crippen molar-refractivity contribution in [1.82, 2.24) is 9.55 Å². The highest BCUT2D eigenvalue weighted by Crippen LogP contribution is 2.24. The van der Waals surface area contributed by atoms with E-state index in [1.807, 2.05) is 29.7 Å². The van der Waals surface area contributed by atoms with Crippen molar-refractivity contribution < 1.29 is 8.42 Å². The van der Waals surface area contributed by atoms with E-state index in [0.29, 0.717) is 12.3 Å². The molecule has 20 heavy (non-hydrogen) atoms. The van der Waals surface area contributed by atoms with Crippen LogP contribution in [0, 0.1) is 3.57 Å². The summed E-state index contributed by atoms with van der Waals surface area (Å²) in [6.45, 7) is 1.90. The van der Waals surface area contributed by atoms with Gasteiger partial charge in [-0.15, -0.1) is 11.6 Å². The number of nitrogens with zero attached hydrogens (tertiary/aromatic N) is 2. The summed E-state index contributed by atoms with van der Waals surface area (Å²) in [4.78, 5) is 4.59. The van der Waals surface area contributed by atoms with Crippen LogP contribution in [0.1, 0.15) is 18.8 Å². The Morgan fingerprint density at radius 3 is 2.75 bits per heavy atom. The van der Waals surface area contributed by atoms with Crippen molar-refractivity contribution in [3.05, 3.63) is 27.6 Å². The van der Waals surface area contributed by atoms with E-state index in [0.717, 1.165) is 20.4 Å². The first-order chi connectivity index (χ1) is 9.31. The lowest BCUT2D eigenvalue weighted by atomic mass is 10.3. The van der Waals surface area contributed by atoms with E-state index in [4.69, 9.17) is 11.6 Å². The molecule has 0 bridgehead atoms. The molecule has 2 aromatic rings. The molecule has 2 rings (SSSR count). The molecule has 1 atom stereocenters. The van der Waals surface area contributed by atoms with E-state index < -0.39 is 9.84 Å². The molecule has 0 saturated heterocycles. The van der Waals surface area contributed by atoms with Crippen molar-refractivity contribution in [2.75, 3.05) is 17.9 Å².